The summed E-state index contributed by atoms with van der Waals surface area (Å²) in [6.45, 7) is 6.35. The van der Waals surface area contributed by atoms with Crippen LogP contribution in [0.3, 0.4) is 0 Å². The minimum Gasteiger partial charge on any atom is -0.460 e. The lowest BCUT2D eigenvalue weighted by Crippen LogP contribution is -2.33. The number of para-hydroxylation sites is 1. The highest BCUT2D eigenvalue weighted by atomic mass is 32.2. The Bertz CT molecular complexity index is 1400. The van der Waals surface area contributed by atoms with Gasteiger partial charge in [-0.3, -0.25) is 0 Å². The molecule has 10 heteroatoms. The first kappa shape index (κ1) is 31.1. The highest BCUT2D eigenvalue weighted by Crippen LogP contribution is 2.43. The van der Waals surface area contributed by atoms with Crippen LogP contribution in [-0.2, 0) is 28.5 Å². The fourth-order valence-corrected chi connectivity index (χ4v) is 5.51. The zero-order valence-electron chi connectivity index (χ0n) is 24.6. The molecular weight excluding hydrogens is 554 g/mol. The predicted molar refractivity (Wildman–Crippen MR) is 162 cm³/mol. The van der Waals surface area contributed by atoms with Crippen molar-refractivity contribution in [2.45, 2.75) is 31.6 Å². The molecule has 9 nitrogen and oxygen atoms in total. The number of nitrogens with zero attached hydrogens (tertiary/aromatic N) is 2. The second-order valence-electron chi connectivity index (χ2n) is 9.56. The van der Waals surface area contributed by atoms with E-state index < -0.39 is 17.9 Å². The summed E-state index contributed by atoms with van der Waals surface area (Å²) >= 11 is 1.75. The topological polar surface area (TPSA) is 101 Å². The normalized spacial score (nSPS) is 13.7. The summed E-state index contributed by atoms with van der Waals surface area (Å²) in [6, 6.07) is 17.8. The molecule has 42 heavy (non-hydrogen) atoms. The van der Waals surface area contributed by atoms with Gasteiger partial charge in [0.2, 0.25) is 0 Å². The SMILES string of the molecule is CCSc1ccc(-c2nn(-c3ccccc3)cc2C2C(C(=O)OCCOC)=C(C)NC(C)=C2C(=O)OCCOC)cc1. The smallest absolute Gasteiger partial charge is 0.336 e. The van der Waals surface area contributed by atoms with Gasteiger partial charge in [0, 0.05) is 47.8 Å². The van der Waals surface area contributed by atoms with Crippen LogP contribution in [0.4, 0.5) is 0 Å². The van der Waals surface area contributed by atoms with Crippen molar-refractivity contribution in [3.05, 3.63) is 88.9 Å². The molecule has 1 aliphatic rings. The van der Waals surface area contributed by atoms with Crippen LogP contribution in [0.5, 0.6) is 0 Å². The Labute approximate surface area is 250 Å². The van der Waals surface area contributed by atoms with E-state index in [1.54, 1.807) is 30.3 Å². The van der Waals surface area contributed by atoms with E-state index in [1.165, 1.54) is 14.2 Å². The number of rotatable bonds is 13. The number of thioether (sulfide) groups is 1. The number of dihydropyridines is 1. The Morgan fingerprint density at radius 1 is 0.857 bits per heavy atom. The van der Waals surface area contributed by atoms with Gasteiger partial charge in [-0.1, -0.05) is 37.3 Å². The summed E-state index contributed by atoms with van der Waals surface area (Å²) in [7, 11) is 3.08. The molecule has 1 aliphatic heterocycles. The number of ether oxygens (including phenoxy) is 4. The van der Waals surface area contributed by atoms with Crippen molar-refractivity contribution in [3.63, 3.8) is 0 Å². The average molecular weight is 592 g/mol. The molecule has 0 unspecified atom stereocenters. The van der Waals surface area contributed by atoms with E-state index in [2.05, 4.69) is 24.4 Å². The second kappa shape index (κ2) is 14.9. The monoisotopic (exact) mass is 591 g/mol. The maximum absolute atomic E-state index is 13.6. The summed E-state index contributed by atoms with van der Waals surface area (Å²) in [6.07, 6.45) is 1.88. The third-order valence-corrected chi connectivity index (χ3v) is 7.65. The van der Waals surface area contributed by atoms with Crippen molar-refractivity contribution >= 4 is 23.7 Å². The van der Waals surface area contributed by atoms with Crippen molar-refractivity contribution in [1.82, 2.24) is 15.1 Å². The van der Waals surface area contributed by atoms with Crippen molar-refractivity contribution in [2.24, 2.45) is 0 Å². The molecule has 0 amide bonds. The Hall–Kier alpha value is -3.86. The molecule has 0 aliphatic carbocycles. The number of methoxy groups -OCH3 is 2. The van der Waals surface area contributed by atoms with Gasteiger partial charge in [0.05, 0.1) is 41.7 Å². The predicted octanol–water partition coefficient (Wildman–Crippen LogP) is 5.27. The van der Waals surface area contributed by atoms with Crippen LogP contribution in [0.1, 0.15) is 32.3 Å². The fourth-order valence-electron chi connectivity index (χ4n) is 4.85. The number of benzene rings is 2. The van der Waals surface area contributed by atoms with Gasteiger partial charge < -0.3 is 24.3 Å². The number of carbonyl (C=O) groups excluding carboxylic acids is 2. The molecule has 0 bridgehead atoms. The summed E-state index contributed by atoms with van der Waals surface area (Å²) in [5, 5.41) is 8.20. The van der Waals surface area contributed by atoms with E-state index in [1.807, 2.05) is 48.7 Å². The van der Waals surface area contributed by atoms with Gasteiger partial charge in [-0.2, -0.15) is 5.10 Å². The molecule has 0 spiro atoms. The summed E-state index contributed by atoms with van der Waals surface area (Å²) < 4.78 is 23.1. The molecule has 222 valence electrons. The highest BCUT2D eigenvalue weighted by molar-refractivity contribution is 7.99. The van der Waals surface area contributed by atoms with Gasteiger partial charge in [-0.15, -0.1) is 11.8 Å². The van der Waals surface area contributed by atoms with Gasteiger partial charge >= 0.3 is 11.9 Å². The number of hydrogen-bond donors (Lipinski definition) is 1. The standard InChI is InChI=1S/C32H37N3O6S/c1-6-42-25-14-12-23(13-15-25)30-26(20-35(34-30)24-10-8-7-9-11-24)29-27(31(36)40-18-16-38-4)21(2)33-22(3)28(29)32(37)41-19-17-39-5/h7-15,20,29,33H,6,16-19H2,1-5H3. The lowest BCUT2D eigenvalue weighted by Gasteiger charge is -2.30. The van der Waals surface area contributed by atoms with Crippen LogP contribution < -0.4 is 5.32 Å². The van der Waals surface area contributed by atoms with Gasteiger partial charge in [0.25, 0.3) is 0 Å². The van der Waals surface area contributed by atoms with Crippen LogP contribution in [0.15, 0.2) is 88.2 Å². The van der Waals surface area contributed by atoms with Gasteiger partial charge in [0.15, 0.2) is 0 Å². The fraction of sp³-hybridized carbons (Fsp3) is 0.344. The number of esters is 2. The van der Waals surface area contributed by atoms with Crippen LogP contribution in [0, 0.1) is 0 Å². The zero-order valence-corrected chi connectivity index (χ0v) is 25.5. The number of allylic oxidation sites excluding steroid dienone is 2. The summed E-state index contributed by atoms with van der Waals surface area (Å²) in [4.78, 5) is 28.4. The van der Waals surface area contributed by atoms with Crippen LogP contribution in [0.25, 0.3) is 16.9 Å². The Morgan fingerprint density at radius 3 is 1.95 bits per heavy atom. The minimum atomic E-state index is -0.812. The zero-order chi connectivity index (χ0) is 30.1. The molecule has 1 N–H and O–H groups in total. The van der Waals surface area contributed by atoms with Crippen LogP contribution >= 0.6 is 11.8 Å². The molecule has 0 radical (unpaired) electrons. The second-order valence-corrected chi connectivity index (χ2v) is 10.9. The van der Waals surface area contributed by atoms with Gasteiger partial charge in [-0.05, 0) is 43.9 Å². The highest BCUT2D eigenvalue weighted by Gasteiger charge is 2.40. The summed E-state index contributed by atoms with van der Waals surface area (Å²) in [5.74, 6) is -0.956. The van der Waals surface area contributed by atoms with Crippen molar-refractivity contribution < 1.29 is 28.5 Å². The minimum absolute atomic E-state index is 0.0713. The molecule has 4 rings (SSSR count). The van der Waals surface area contributed by atoms with Crippen LogP contribution in [0.2, 0.25) is 0 Å². The number of hydrogen-bond acceptors (Lipinski definition) is 9. The third-order valence-electron chi connectivity index (χ3n) is 6.75. The Kier molecular flexibility index (Phi) is 11.0. The Morgan fingerprint density at radius 2 is 1.43 bits per heavy atom. The number of nitrogens with one attached hydrogen (secondary N) is 1. The van der Waals surface area contributed by atoms with E-state index in [0.717, 1.165) is 21.9 Å². The largest absolute Gasteiger partial charge is 0.460 e. The quantitative estimate of drug-likeness (QED) is 0.162. The lowest BCUT2D eigenvalue weighted by molar-refractivity contribution is -0.141. The molecule has 2 heterocycles. The van der Waals surface area contributed by atoms with E-state index >= 15 is 0 Å². The van der Waals surface area contributed by atoms with E-state index in [-0.39, 0.29) is 26.4 Å². The molecule has 2 aromatic carbocycles. The first-order chi connectivity index (χ1) is 20.4. The molecule has 0 atom stereocenters. The lowest BCUT2D eigenvalue weighted by atomic mass is 9.79. The maximum Gasteiger partial charge on any atom is 0.336 e. The van der Waals surface area contributed by atoms with Crippen molar-refractivity contribution in [1.29, 1.82) is 0 Å². The summed E-state index contributed by atoms with van der Waals surface area (Å²) in [5.41, 5.74) is 4.80. The third kappa shape index (κ3) is 7.13. The van der Waals surface area contributed by atoms with Crippen LogP contribution in [-0.4, -0.2) is 68.1 Å². The van der Waals surface area contributed by atoms with E-state index in [4.69, 9.17) is 24.0 Å². The number of carbonyl (C=O) groups is 2. The first-order valence-electron chi connectivity index (χ1n) is 13.8. The molecule has 0 fully saturated rings. The van der Waals surface area contributed by atoms with Gasteiger partial charge in [0.1, 0.15) is 13.2 Å². The molecule has 0 saturated carbocycles. The van der Waals surface area contributed by atoms with E-state index in [0.29, 0.717) is 33.8 Å². The average Bonchev–Trinajstić information content (AvgIpc) is 3.43. The van der Waals surface area contributed by atoms with E-state index in [9.17, 15) is 9.59 Å². The molecular formula is C32H37N3O6S. The first-order valence-corrected chi connectivity index (χ1v) is 14.8. The van der Waals surface area contributed by atoms with Gasteiger partial charge in [-0.25, -0.2) is 14.3 Å². The Balaban J connectivity index is 1.91. The molecule has 3 aromatic rings. The molecule has 0 saturated heterocycles. The number of aromatic nitrogens is 2. The van der Waals surface area contributed by atoms with Crippen molar-refractivity contribution in [2.75, 3.05) is 46.4 Å². The molecule has 1 aromatic heterocycles. The van der Waals surface area contributed by atoms with Crippen molar-refractivity contribution in [3.8, 4) is 16.9 Å². The maximum atomic E-state index is 13.6.